The molecule has 0 atom stereocenters. The van der Waals surface area contributed by atoms with Gasteiger partial charge in [0.1, 0.15) is 17.3 Å². The highest BCUT2D eigenvalue weighted by Crippen LogP contribution is 2.24. The number of rotatable bonds is 4. The molecule has 2 nitrogen and oxygen atoms in total. The van der Waals surface area contributed by atoms with Crippen molar-refractivity contribution in [1.82, 2.24) is 0 Å². The van der Waals surface area contributed by atoms with Crippen LogP contribution < -0.4 is 9.47 Å². The minimum absolute atomic E-state index is 0.0537. The molecule has 90 valence electrons. The van der Waals surface area contributed by atoms with Gasteiger partial charge in [-0.25, -0.2) is 4.39 Å². The van der Waals surface area contributed by atoms with Crippen LogP contribution in [0, 0.1) is 11.2 Å². The van der Waals surface area contributed by atoms with Gasteiger partial charge in [-0.3, -0.25) is 0 Å². The van der Waals surface area contributed by atoms with E-state index in [2.05, 4.69) is 20.8 Å². The van der Waals surface area contributed by atoms with Crippen LogP contribution in [0.15, 0.2) is 18.2 Å². The molecule has 1 aromatic rings. The van der Waals surface area contributed by atoms with Gasteiger partial charge in [0.2, 0.25) is 0 Å². The third-order valence-electron chi connectivity index (χ3n) is 1.83. The van der Waals surface area contributed by atoms with Crippen LogP contribution in [0.3, 0.4) is 0 Å². The maximum Gasteiger partial charge on any atom is 0.130 e. The van der Waals surface area contributed by atoms with E-state index in [1.807, 2.05) is 6.92 Å². The van der Waals surface area contributed by atoms with E-state index in [0.29, 0.717) is 24.7 Å². The van der Waals surface area contributed by atoms with Crippen LogP contribution in [0.4, 0.5) is 4.39 Å². The van der Waals surface area contributed by atoms with Gasteiger partial charge in [-0.15, -0.1) is 0 Å². The summed E-state index contributed by atoms with van der Waals surface area (Å²) in [5.74, 6) is 0.680. The van der Waals surface area contributed by atoms with E-state index in [1.165, 1.54) is 12.1 Å². The van der Waals surface area contributed by atoms with Gasteiger partial charge in [-0.05, 0) is 12.3 Å². The van der Waals surface area contributed by atoms with Crippen molar-refractivity contribution >= 4 is 0 Å². The van der Waals surface area contributed by atoms with E-state index in [1.54, 1.807) is 6.07 Å². The maximum atomic E-state index is 13.2. The molecule has 0 saturated carbocycles. The summed E-state index contributed by atoms with van der Waals surface area (Å²) >= 11 is 0. The number of hydrogen-bond acceptors (Lipinski definition) is 2. The van der Waals surface area contributed by atoms with E-state index in [4.69, 9.17) is 9.47 Å². The predicted octanol–water partition coefficient (Wildman–Crippen LogP) is 3.65. The van der Waals surface area contributed by atoms with Crippen molar-refractivity contribution < 1.29 is 13.9 Å². The normalized spacial score (nSPS) is 11.3. The topological polar surface area (TPSA) is 18.5 Å². The van der Waals surface area contributed by atoms with Gasteiger partial charge in [0.05, 0.1) is 13.2 Å². The van der Waals surface area contributed by atoms with Crippen molar-refractivity contribution in [2.24, 2.45) is 5.41 Å². The quantitative estimate of drug-likeness (QED) is 0.780. The van der Waals surface area contributed by atoms with Gasteiger partial charge in [0.15, 0.2) is 0 Å². The van der Waals surface area contributed by atoms with Crippen molar-refractivity contribution in [3.05, 3.63) is 24.0 Å². The molecule has 0 amide bonds. The van der Waals surface area contributed by atoms with Crippen LogP contribution in [-0.2, 0) is 0 Å². The zero-order chi connectivity index (χ0) is 12.2. The van der Waals surface area contributed by atoms with Gasteiger partial charge in [-0.2, -0.15) is 0 Å². The molecule has 0 heterocycles. The predicted molar refractivity (Wildman–Crippen MR) is 62.5 cm³/mol. The molecule has 0 aliphatic carbocycles. The Morgan fingerprint density at radius 1 is 1.06 bits per heavy atom. The minimum Gasteiger partial charge on any atom is -0.494 e. The third kappa shape index (κ3) is 4.51. The van der Waals surface area contributed by atoms with Crippen molar-refractivity contribution in [3.63, 3.8) is 0 Å². The van der Waals surface area contributed by atoms with Crippen LogP contribution in [0.2, 0.25) is 0 Å². The Morgan fingerprint density at radius 2 is 1.62 bits per heavy atom. The van der Waals surface area contributed by atoms with Crippen LogP contribution in [-0.4, -0.2) is 13.2 Å². The lowest BCUT2D eigenvalue weighted by atomic mass is 9.99. The van der Waals surface area contributed by atoms with Crippen LogP contribution in [0.1, 0.15) is 27.7 Å². The Kier molecular flexibility index (Phi) is 4.16. The molecule has 0 aromatic heterocycles. The molecular weight excluding hydrogens is 207 g/mol. The first-order valence-corrected chi connectivity index (χ1v) is 5.47. The highest BCUT2D eigenvalue weighted by Gasteiger charge is 2.12. The number of hydrogen-bond donors (Lipinski definition) is 0. The smallest absolute Gasteiger partial charge is 0.130 e. The van der Waals surface area contributed by atoms with E-state index in [-0.39, 0.29) is 11.2 Å². The van der Waals surface area contributed by atoms with Crippen molar-refractivity contribution in [2.45, 2.75) is 27.7 Å². The monoisotopic (exact) mass is 226 g/mol. The zero-order valence-electron chi connectivity index (χ0n) is 10.3. The van der Waals surface area contributed by atoms with Crippen molar-refractivity contribution in [1.29, 1.82) is 0 Å². The fraction of sp³-hybridized carbons (Fsp3) is 0.538. The summed E-state index contributed by atoms with van der Waals surface area (Å²) < 4.78 is 24.0. The Morgan fingerprint density at radius 3 is 2.12 bits per heavy atom. The molecule has 0 fully saturated rings. The molecule has 16 heavy (non-hydrogen) atoms. The summed E-state index contributed by atoms with van der Waals surface area (Å²) in [4.78, 5) is 0. The molecule has 0 aliphatic rings. The van der Waals surface area contributed by atoms with Crippen molar-refractivity contribution in [2.75, 3.05) is 13.2 Å². The Labute approximate surface area is 96.4 Å². The van der Waals surface area contributed by atoms with E-state index in [9.17, 15) is 4.39 Å². The summed E-state index contributed by atoms with van der Waals surface area (Å²) in [5.41, 5.74) is 0.0537. The molecular formula is C13H19FO2. The standard InChI is InChI=1S/C13H19FO2/c1-5-15-11-6-10(14)7-12(8-11)16-9-13(2,3)4/h6-8H,5,9H2,1-4H3. The van der Waals surface area contributed by atoms with Crippen LogP contribution in [0.5, 0.6) is 11.5 Å². The second-order valence-corrected chi connectivity index (χ2v) is 4.90. The summed E-state index contributed by atoms with van der Waals surface area (Å²) in [7, 11) is 0. The highest BCUT2D eigenvalue weighted by molar-refractivity contribution is 5.34. The summed E-state index contributed by atoms with van der Waals surface area (Å²) in [6.07, 6.45) is 0. The first-order chi connectivity index (χ1) is 7.40. The molecule has 1 rings (SSSR count). The Balaban J connectivity index is 2.72. The fourth-order valence-electron chi connectivity index (χ4n) is 1.17. The van der Waals surface area contributed by atoms with Crippen LogP contribution in [0.25, 0.3) is 0 Å². The first kappa shape index (κ1) is 12.8. The van der Waals surface area contributed by atoms with E-state index in [0.717, 1.165) is 0 Å². The van der Waals surface area contributed by atoms with Gasteiger partial charge in [0.25, 0.3) is 0 Å². The number of ether oxygens (including phenoxy) is 2. The van der Waals surface area contributed by atoms with Gasteiger partial charge in [0, 0.05) is 18.2 Å². The number of benzene rings is 1. The van der Waals surface area contributed by atoms with Gasteiger partial charge >= 0.3 is 0 Å². The lowest BCUT2D eigenvalue weighted by molar-refractivity contribution is 0.196. The largest absolute Gasteiger partial charge is 0.494 e. The molecule has 0 saturated heterocycles. The third-order valence-corrected chi connectivity index (χ3v) is 1.83. The lowest BCUT2D eigenvalue weighted by Gasteiger charge is -2.19. The summed E-state index contributed by atoms with van der Waals surface area (Å²) in [6.45, 7) is 9.12. The maximum absolute atomic E-state index is 13.2. The molecule has 3 heteroatoms. The molecule has 0 bridgehead atoms. The van der Waals surface area contributed by atoms with Crippen LogP contribution >= 0.6 is 0 Å². The second-order valence-electron chi connectivity index (χ2n) is 4.90. The molecule has 0 N–H and O–H groups in total. The SMILES string of the molecule is CCOc1cc(F)cc(OCC(C)(C)C)c1. The fourth-order valence-corrected chi connectivity index (χ4v) is 1.17. The molecule has 0 aliphatic heterocycles. The van der Waals surface area contributed by atoms with Crippen molar-refractivity contribution in [3.8, 4) is 11.5 Å². The van der Waals surface area contributed by atoms with E-state index >= 15 is 0 Å². The molecule has 1 aromatic carbocycles. The second kappa shape index (κ2) is 5.19. The molecule has 0 unspecified atom stereocenters. The Hall–Kier alpha value is -1.25. The first-order valence-electron chi connectivity index (χ1n) is 5.47. The lowest BCUT2D eigenvalue weighted by Crippen LogP contribution is -2.16. The average Bonchev–Trinajstić information content (AvgIpc) is 2.13. The minimum atomic E-state index is -0.338. The molecule has 0 spiro atoms. The molecule has 0 radical (unpaired) electrons. The zero-order valence-corrected chi connectivity index (χ0v) is 10.3. The highest BCUT2D eigenvalue weighted by atomic mass is 19.1. The van der Waals surface area contributed by atoms with Gasteiger partial charge < -0.3 is 9.47 Å². The summed E-state index contributed by atoms with van der Waals surface area (Å²) in [6, 6.07) is 4.43. The Bertz CT molecular complexity index is 342. The van der Waals surface area contributed by atoms with E-state index < -0.39 is 0 Å². The van der Waals surface area contributed by atoms with Gasteiger partial charge in [-0.1, -0.05) is 20.8 Å². The number of halogens is 1. The summed E-state index contributed by atoms with van der Waals surface area (Å²) in [5, 5.41) is 0. The average molecular weight is 226 g/mol.